The number of halogens is 1. The van der Waals surface area contributed by atoms with Gasteiger partial charge < -0.3 is 15.0 Å². The third-order valence-electron chi connectivity index (χ3n) is 5.76. The highest BCUT2D eigenvalue weighted by molar-refractivity contribution is 7.92. The Morgan fingerprint density at radius 1 is 0.973 bits per heavy atom. The van der Waals surface area contributed by atoms with E-state index in [0.29, 0.717) is 12.4 Å². The number of carbonyl (C=O) groups excluding carboxylic acids is 2. The summed E-state index contributed by atoms with van der Waals surface area (Å²) in [5, 5.41) is 2.49. The first-order valence-electron chi connectivity index (χ1n) is 11.7. The van der Waals surface area contributed by atoms with Crippen LogP contribution in [0.5, 0.6) is 5.75 Å². The number of hydrogen-bond donors (Lipinski definition) is 1. The summed E-state index contributed by atoms with van der Waals surface area (Å²) in [6.07, 6.45) is 0. The molecule has 0 fully saturated rings. The maximum atomic E-state index is 14.4. The van der Waals surface area contributed by atoms with Gasteiger partial charge >= 0.3 is 0 Å². The highest BCUT2D eigenvalue weighted by Gasteiger charge is 2.32. The number of carbonyl (C=O) groups is 2. The standard InChI is InChI=1S/C27H30FN3O5S/c1-4-36-23-16-14-22(15-17-23)31(37(34,35)24-11-6-5-7-12-24)19-26(32)30(20(2)27(33)29-3)18-21-10-8-9-13-25(21)28/h5-17,20H,4,18-19H2,1-3H3,(H,29,33)/t20-/m1/s1. The van der Waals surface area contributed by atoms with Crippen molar-refractivity contribution in [3.05, 3.63) is 90.2 Å². The summed E-state index contributed by atoms with van der Waals surface area (Å²) in [5.41, 5.74) is 0.434. The van der Waals surface area contributed by atoms with Gasteiger partial charge in [-0.15, -0.1) is 0 Å². The van der Waals surface area contributed by atoms with Crippen molar-refractivity contribution in [1.82, 2.24) is 10.2 Å². The SMILES string of the molecule is CCOc1ccc(N(CC(=O)N(Cc2ccccc2F)[C@H](C)C(=O)NC)S(=O)(=O)c2ccccc2)cc1. The Labute approximate surface area is 216 Å². The van der Waals surface area contributed by atoms with Crippen molar-refractivity contribution < 1.29 is 27.1 Å². The van der Waals surface area contributed by atoms with E-state index < -0.39 is 40.2 Å². The second-order valence-electron chi connectivity index (χ2n) is 8.15. The smallest absolute Gasteiger partial charge is 0.264 e. The molecule has 10 heteroatoms. The topological polar surface area (TPSA) is 96.0 Å². The molecule has 0 bridgehead atoms. The van der Waals surface area contributed by atoms with E-state index in [2.05, 4.69) is 5.32 Å². The third kappa shape index (κ3) is 6.65. The summed E-state index contributed by atoms with van der Waals surface area (Å²) >= 11 is 0. The number of ether oxygens (including phenoxy) is 1. The Morgan fingerprint density at radius 2 is 1.59 bits per heavy atom. The minimum Gasteiger partial charge on any atom is -0.494 e. The van der Waals surface area contributed by atoms with Gasteiger partial charge in [0, 0.05) is 19.2 Å². The predicted molar refractivity (Wildman–Crippen MR) is 139 cm³/mol. The van der Waals surface area contributed by atoms with Gasteiger partial charge in [-0.1, -0.05) is 36.4 Å². The van der Waals surface area contributed by atoms with Crippen LogP contribution in [0.2, 0.25) is 0 Å². The lowest BCUT2D eigenvalue weighted by Crippen LogP contribution is -2.50. The molecule has 3 rings (SSSR count). The quantitative estimate of drug-likeness (QED) is 0.411. The highest BCUT2D eigenvalue weighted by atomic mass is 32.2. The molecule has 8 nitrogen and oxygen atoms in total. The Kier molecular flexibility index (Phi) is 9.24. The summed E-state index contributed by atoms with van der Waals surface area (Å²) in [4.78, 5) is 27.3. The second kappa shape index (κ2) is 12.4. The van der Waals surface area contributed by atoms with E-state index in [1.165, 1.54) is 49.2 Å². The Bertz CT molecular complexity index is 1320. The zero-order valence-electron chi connectivity index (χ0n) is 20.9. The largest absolute Gasteiger partial charge is 0.494 e. The normalized spacial score (nSPS) is 11.9. The molecule has 0 aromatic heterocycles. The van der Waals surface area contributed by atoms with Gasteiger partial charge in [0.25, 0.3) is 10.0 Å². The van der Waals surface area contributed by atoms with Gasteiger partial charge in [0.2, 0.25) is 11.8 Å². The number of nitrogens with one attached hydrogen (secondary N) is 1. The van der Waals surface area contributed by atoms with Crippen LogP contribution in [0.4, 0.5) is 10.1 Å². The molecule has 0 radical (unpaired) electrons. The average molecular weight is 528 g/mol. The molecule has 3 aromatic rings. The van der Waals surface area contributed by atoms with Crippen LogP contribution >= 0.6 is 0 Å². The number of likely N-dealkylation sites (N-methyl/N-ethyl adjacent to an activating group) is 1. The van der Waals surface area contributed by atoms with Crippen molar-refractivity contribution in [1.29, 1.82) is 0 Å². The fourth-order valence-corrected chi connectivity index (χ4v) is 5.16. The van der Waals surface area contributed by atoms with Crippen LogP contribution < -0.4 is 14.4 Å². The van der Waals surface area contributed by atoms with Gasteiger partial charge in [0.15, 0.2) is 0 Å². The fourth-order valence-electron chi connectivity index (χ4n) is 3.73. The van der Waals surface area contributed by atoms with Crippen LogP contribution in [0.3, 0.4) is 0 Å². The minimum absolute atomic E-state index is 0.00307. The zero-order valence-corrected chi connectivity index (χ0v) is 21.7. The molecule has 2 amide bonds. The second-order valence-corrected chi connectivity index (χ2v) is 10.0. The van der Waals surface area contributed by atoms with Crippen molar-refractivity contribution in [3.8, 4) is 5.75 Å². The van der Waals surface area contributed by atoms with E-state index in [0.717, 1.165) is 4.31 Å². The van der Waals surface area contributed by atoms with Crippen molar-refractivity contribution in [2.75, 3.05) is 24.5 Å². The van der Waals surface area contributed by atoms with Crippen molar-refractivity contribution in [2.45, 2.75) is 31.3 Å². The van der Waals surface area contributed by atoms with Gasteiger partial charge in [0.05, 0.1) is 17.2 Å². The number of anilines is 1. The van der Waals surface area contributed by atoms with Gasteiger partial charge in [-0.25, -0.2) is 12.8 Å². The maximum absolute atomic E-state index is 14.4. The van der Waals surface area contributed by atoms with E-state index >= 15 is 0 Å². The molecule has 0 unspecified atom stereocenters. The lowest BCUT2D eigenvalue weighted by Gasteiger charge is -2.31. The molecule has 196 valence electrons. The van der Waals surface area contributed by atoms with Crippen LogP contribution in [0.1, 0.15) is 19.4 Å². The Morgan fingerprint density at radius 3 is 2.19 bits per heavy atom. The molecule has 0 aliphatic heterocycles. The maximum Gasteiger partial charge on any atom is 0.264 e. The minimum atomic E-state index is -4.17. The zero-order chi connectivity index (χ0) is 27.0. The van der Waals surface area contributed by atoms with Crippen LogP contribution in [0.15, 0.2) is 83.8 Å². The first kappa shape index (κ1) is 27.7. The molecule has 1 N–H and O–H groups in total. The van der Waals surface area contributed by atoms with E-state index in [-0.39, 0.29) is 22.7 Å². The number of sulfonamides is 1. The number of rotatable bonds is 11. The molecule has 0 saturated carbocycles. The van der Waals surface area contributed by atoms with Gasteiger partial charge in [-0.3, -0.25) is 13.9 Å². The molecule has 37 heavy (non-hydrogen) atoms. The molecule has 0 aliphatic carbocycles. The highest BCUT2D eigenvalue weighted by Crippen LogP contribution is 2.26. The Hall–Kier alpha value is -3.92. The van der Waals surface area contributed by atoms with E-state index in [4.69, 9.17) is 4.74 Å². The number of nitrogens with zero attached hydrogens (tertiary/aromatic N) is 2. The molecular formula is C27H30FN3O5S. The van der Waals surface area contributed by atoms with E-state index in [1.54, 1.807) is 48.5 Å². The lowest BCUT2D eigenvalue weighted by atomic mass is 10.1. The van der Waals surface area contributed by atoms with E-state index in [1.807, 2.05) is 6.92 Å². The number of benzene rings is 3. The molecular weight excluding hydrogens is 497 g/mol. The van der Waals surface area contributed by atoms with Gasteiger partial charge in [0.1, 0.15) is 24.2 Å². The number of amides is 2. The van der Waals surface area contributed by atoms with Gasteiger partial charge in [-0.2, -0.15) is 0 Å². The van der Waals surface area contributed by atoms with Crippen molar-refractivity contribution in [3.63, 3.8) is 0 Å². The Balaban J connectivity index is 2.02. The first-order valence-corrected chi connectivity index (χ1v) is 13.2. The van der Waals surface area contributed by atoms with Crippen LogP contribution in [0.25, 0.3) is 0 Å². The van der Waals surface area contributed by atoms with Crippen LogP contribution in [0, 0.1) is 5.82 Å². The third-order valence-corrected chi connectivity index (χ3v) is 7.55. The molecule has 0 saturated heterocycles. The van der Waals surface area contributed by atoms with Crippen LogP contribution in [-0.4, -0.2) is 51.4 Å². The monoisotopic (exact) mass is 527 g/mol. The molecule has 1 atom stereocenters. The molecule has 0 spiro atoms. The predicted octanol–water partition coefficient (Wildman–Crippen LogP) is 3.58. The van der Waals surface area contributed by atoms with E-state index in [9.17, 15) is 22.4 Å². The average Bonchev–Trinajstić information content (AvgIpc) is 2.91. The summed E-state index contributed by atoms with van der Waals surface area (Å²) in [6, 6.07) is 19.0. The molecule has 3 aromatic carbocycles. The summed E-state index contributed by atoms with van der Waals surface area (Å²) in [7, 11) is -2.74. The summed E-state index contributed by atoms with van der Waals surface area (Å²) in [6.45, 7) is 2.94. The molecule has 0 aliphatic rings. The van der Waals surface area contributed by atoms with Crippen molar-refractivity contribution >= 4 is 27.5 Å². The summed E-state index contributed by atoms with van der Waals surface area (Å²) in [5.74, 6) is -1.13. The summed E-state index contributed by atoms with van der Waals surface area (Å²) < 4.78 is 48.2. The lowest BCUT2D eigenvalue weighted by molar-refractivity contribution is -0.139. The van der Waals surface area contributed by atoms with Crippen molar-refractivity contribution in [2.24, 2.45) is 0 Å². The molecule has 0 heterocycles. The fraction of sp³-hybridized carbons (Fsp3) is 0.259. The number of hydrogen-bond acceptors (Lipinski definition) is 5. The first-order chi connectivity index (χ1) is 17.7. The van der Waals surface area contributed by atoms with Crippen LogP contribution in [-0.2, 0) is 26.2 Å². The van der Waals surface area contributed by atoms with Gasteiger partial charge in [-0.05, 0) is 56.3 Å².